The molecule has 0 saturated heterocycles. The van der Waals surface area contributed by atoms with Gasteiger partial charge in [0.2, 0.25) is 0 Å². The van der Waals surface area contributed by atoms with Crippen molar-refractivity contribution in [2.45, 2.75) is 33.8 Å². The van der Waals surface area contributed by atoms with E-state index in [1.54, 1.807) is 32.9 Å². The summed E-state index contributed by atoms with van der Waals surface area (Å²) in [6.07, 6.45) is -0.764. The minimum atomic E-state index is -0.764. The lowest BCUT2D eigenvalue weighted by Crippen LogP contribution is -2.17. The molecule has 0 saturated carbocycles. The third-order valence-electron chi connectivity index (χ3n) is 4.24. The van der Waals surface area contributed by atoms with E-state index < -0.39 is 18.0 Å². The highest BCUT2D eigenvalue weighted by molar-refractivity contribution is 7.20. The van der Waals surface area contributed by atoms with Gasteiger partial charge in [-0.05, 0) is 45.4 Å². The van der Waals surface area contributed by atoms with Crippen LogP contribution in [0.25, 0.3) is 10.2 Å². The van der Waals surface area contributed by atoms with E-state index >= 15 is 0 Å². The maximum absolute atomic E-state index is 12.5. The van der Waals surface area contributed by atoms with Crippen molar-refractivity contribution in [1.29, 1.82) is 0 Å². The summed E-state index contributed by atoms with van der Waals surface area (Å²) in [7, 11) is 0. The first-order valence-electron chi connectivity index (χ1n) is 8.79. The zero-order valence-electron chi connectivity index (χ0n) is 16.0. The molecule has 1 atom stereocenters. The Morgan fingerprint density at radius 1 is 1.18 bits per heavy atom. The molecule has 0 aliphatic carbocycles. The lowest BCUT2D eigenvalue weighted by atomic mass is 10.1. The second-order valence-electron chi connectivity index (χ2n) is 6.32. The number of aromatic nitrogens is 2. The van der Waals surface area contributed by atoms with Crippen LogP contribution in [0.15, 0.2) is 29.1 Å². The molecule has 0 aliphatic heterocycles. The number of hydrogen-bond donors (Lipinski definition) is 1. The van der Waals surface area contributed by atoms with Gasteiger partial charge < -0.3 is 14.5 Å². The van der Waals surface area contributed by atoms with Crippen LogP contribution in [0.5, 0.6) is 0 Å². The predicted octanol–water partition coefficient (Wildman–Crippen LogP) is 3.70. The molecule has 3 rings (SSSR count). The maximum Gasteiger partial charge on any atom is 0.348 e. The van der Waals surface area contributed by atoms with E-state index in [1.807, 2.05) is 19.1 Å². The minimum Gasteiger partial charge on any atom is -0.462 e. The number of benzene rings is 1. The Morgan fingerprint density at radius 2 is 1.86 bits per heavy atom. The Labute approximate surface area is 165 Å². The molecule has 0 spiro atoms. The molecule has 0 amide bonds. The van der Waals surface area contributed by atoms with Gasteiger partial charge in [-0.15, -0.1) is 11.3 Å². The fourth-order valence-electron chi connectivity index (χ4n) is 2.72. The van der Waals surface area contributed by atoms with Crippen LogP contribution in [0.1, 0.15) is 56.9 Å². The number of H-pyrrole nitrogens is 1. The number of esters is 2. The molecule has 0 aliphatic rings. The highest BCUT2D eigenvalue weighted by Crippen LogP contribution is 2.28. The predicted molar refractivity (Wildman–Crippen MR) is 106 cm³/mol. The maximum atomic E-state index is 12.5. The van der Waals surface area contributed by atoms with Crippen molar-refractivity contribution in [3.63, 3.8) is 0 Å². The van der Waals surface area contributed by atoms with Gasteiger partial charge in [-0.3, -0.25) is 4.79 Å². The average molecular weight is 400 g/mol. The number of nitrogens with one attached hydrogen (secondary N) is 1. The van der Waals surface area contributed by atoms with Crippen LogP contribution >= 0.6 is 11.3 Å². The first kappa shape index (κ1) is 19.8. The summed E-state index contributed by atoms with van der Waals surface area (Å²) in [6.45, 7) is 7.20. The first-order valence-corrected chi connectivity index (χ1v) is 9.61. The van der Waals surface area contributed by atoms with E-state index in [-0.39, 0.29) is 18.0 Å². The van der Waals surface area contributed by atoms with Gasteiger partial charge in [-0.1, -0.05) is 17.7 Å². The van der Waals surface area contributed by atoms with E-state index in [0.717, 1.165) is 16.9 Å². The number of nitrogens with zero attached hydrogens (tertiary/aromatic N) is 1. The first-order chi connectivity index (χ1) is 13.3. The van der Waals surface area contributed by atoms with Crippen LogP contribution in [-0.4, -0.2) is 28.5 Å². The molecule has 1 aromatic carbocycles. The number of carbonyl (C=O) groups is 2. The molecule has 8 heteroatoms. The minimum absolute atomic E-state index is 0.217. The number of aryl methyl sites for hydroxylation is 2. The topological polar surface area (TPSA) is 98.3 Å². The Morgan fingerprint density at radius 3 is 2.50 bits per heavy atom. The van der Waals surface area contributed by atoms with Gasteiger partial charge >= 0.3 is 11.9 Å². The fourth-order valence-corrected chi connectivity index (χ4v) is 3.80. The van der Waals surface area contributed by atoms with Crippen molar-refractivity contribution < 1.29 is 19.1 Å². The zero-order chi connectivity index (χ0) is 20.4. The van der Waals surface area contributed by atoms with Crippen molar-refractivity contribution in [1.82, 2.24) is 9.97 Å². The number of thiophene rings is 1. The van der Waals surface area contributed by atoms with Gasteiger partial charge in [-0.25, -0.2) is 14.6 Å². The van der Waals surface area contributed by atoms with Crippen LogP contribution in [0.4, 0.5) is 0 Å². The third kappa shape index (κ3) is 3.82. The van der Waals surface area contributed by atoms with E-state index in [1.165, 1.54) is 0 Å². The monoisotopic (exact) mass is 400 g/mol. The van der Waals surface area contributed by atoms with Crippen molar-refractivity contribution in [3.05, 3.63) is 62.0 Å². The van der Waals surface area contributed by atoms with E-state index in [9.17, 15) is 14.4 Å². The summed E-state index contributed by atoms with van der Waals surface area (Å²) < 4.78 is 10.5. The SMILES string of the molecule is CCOC(=O)c1sc2nc([C@@H](C)OC(=O)c3ccc(C)cc3)[nH]c(=O)c2c1C. The lowest BCUT2D eigenvalue weighted by molar-refractivity contribution is 0.0319. The second kappa shape index (κ2) is 7.93. The van der Waals surface area contributed by atoms with Crippen molar-refractivity contribution in [2.24, 2.45) is 0 Å². The van der Waals surface area contributed by atoms with Gasteiger partial charge in [-0.2, -0.15) is 0 Å². The van der Waals surface area contributed by atoms with Crippen molar-refractivity contribution >= 4 is 33.5 Å². The Hall–Kier alpha value is -3.00. The summed E-state index contributed by atoms with van der Waals surface area (Å²) in [4.78, 5) is 44.7. The molecule has 146 valence electrons. The average Bonchev–Trinajstić information content (AvgIpc) is 2.99. The molecular formula is C20H20N2O5S. The molecule has 0 radical (unpaired) electrons. The number of aromatic amines is 1. The molecule has 7 nitrogen and oxygen atoms in total. The quantitative estimate of drug-likeness (QED) is 0.656. The molecule has 0 bridgehead atoms. The summed E-state index contributed by atoms with van der Waals surface area (Å²) in [6, 6.07) is 6.99. The number of fused-ring (bicyclic) bond motifs is 1. The van der Waals surface area contributed by atoms with Gasteiger partial charge in [0.15, 0.2) is 11.9 Å². The molecule has 1 N–H and O–H groups in total. The summed E-state index contributed by atoms with van der Waals surface area (Å²) >= 11 is 1.09. The second-order valence-corrected chi connectivity index (χ2v) is 7.32. The molecule has 0 unspecified atom stereocenters. The Kier molecular flexibility index (Phi) is 5.60. The van der Waals surface area contributed by atoms with Crippen LogP contribution in [-0.2, 0) is 9.47 Å². The summed E-state index contributed by atoms with van der Waals surface area (Å²) in [5, 5.41) is 0.342. The fraction of sp³-hybridized carbons (Fsp3) is 0.300. The number of carbonyl (C=O) groups excluding carboxylic acids is 2. The van der Waals surface area contributed by atoms with Gasteiger partial charge in [0.05, 0.1) is 17.6 Å². The summed E-state index contributed by atoms with van der Waals surface area (Å²) in [5.74, 6) is -0.776. The molecule has 28 heavy (non-hydrogen) atoms. The number of ether oxygens (including phenoxy) is 2. The molecule has 2 heterocycles. The zero-order valence-corrected chi connectivity index (χ0v) is 16.8. The van der Waals surface area contributed by atoms with E-state index in [4.69, 9.17) is 9.47 Å². The Balaban J connectivity index is 1.90. The Bertz CT molecular complexity index is 1100. The van der Waals surface area contributed by atoms with Crippen molar-refractivity contribution in [3.8, 4) is 0 Å². The van der Waals surface area contributed by atoms with Gasteiger partial charge in [0, 0.05) is 0 Å². The standard InChI is InChI=1S/C20H20N2O5S/c1-5-26-20(25)15-11(3)14-17(23)21-16(22-18(14)28-15)12(4)27-19(24)13-8-6-10(2)7-9-13/h6-9,12H,5H2,1-4H3,(H,21,22,23)/t12-/m1/s1. The van der Waals surface area contributed by atoms with Gasteiger partial charge in [0.25, 0.3) is 5.56 Å². The largest absolute Gasteiger partial charge is 0.462 e. The molecular weight excluding hydrogens is 380 g/mol. The highest BCUT2D eigenvalue weighted by atomic mass is 32.1. The number of rotatable bonds is 5. The summed E-state index contributed by atoms with van der Waals surface area (Å²) in [5.41, 5.74) is 1.59. The van der Waals surface area contributed by atoms with Crippen LogP contribution in [0.2, 0.25) is 0 Å². The van der Waals surface area contributed by atoms with Crippen LogP contribution in [0, 0.1) is 13.8 Å². The molecule has 2 aromatic heterocycles. The van der Waals surface area contributed by atoms with Crippen LogP contribution in [0.3, 0.4) is 0 Å². The van der Waals surface area contributed by atoms with Crippen molar-refractivity contribution in [2.75, 3.05) is 6.61 Å². The molecule has 0 fully saturated rings. The molecule has 3 aromatic rings. The van der Waals surface area contributed by atoms with E-state index in [0.29, 0.717) is 26.2 Å². The van der Waals surface area contributed by atoms with Crippen LogP contribution < -0.4 is 5.56 Å². The number of hydrogen-bond acceptors (Lipinski definition) is 7. The normalized spacial score (nSPS) is 12.0. The lowest BCUT2D eigenvalue weighted by Gasteiger charge is -2.12. The highest BCUT2D eigenvalue weighted by Gasteiger charge is 2.22. The van der Waals surface area contributed by atoms with E-state index in [2.05, 4.69) is 9.97 Å². The van der Waals surface area contributed by atoms with Gasteiger partial charge in [0.1, 0.15) is 9.71 Å². The smallest absolute Gasteiger partial charge is 0.348 e. The third-order valence-corrected chi connectivity index (χ3v) is 5.40.